The summed E-state index contributed by atoms with van der Waals surface area (Å²) in [6.45, 7) is 4.14. The number of methoxy groups -OCH3 is 1. The molecule has 0 fully saturated rings. The predicted molar refractivity (Wildman–Crippen MR) is 82.6 cm³/mol. The van der Waals surface area contributed by atoms with Crippen molar-refractivity contribution in [2.24, 2.45) is 5.73 Å². The van der Waals surface area contributed by atoms with Crippen LogP contribution in [0.5, 0.6) is 5.75 Å². The Balaban J connectivity index is 2.43. The number of benzene rings is 2. The van der Waals surface area contributed by atoms with Crippen molar-refractivity contribution >= 4 is 15.9 Å². The third-order valence-electron chi connectivity index (χ3n) is 3.39. The number of hydrogen-bond acceptors (Lipinski definition) is 2. The maximum Gasteiger partial charge on any atom is 0.119 e. The minimum Gasteiger partial charge on any atom is -0.497 e. The lowest BCUT2D eigenvalue weighted by Crippen LogP contribution is -2.14. The molecule has 0 bridgehead atoms. The summed E-state index contributed by atoms with van der Waals surface area (Å²) in [5.74, 6) is 0.861. The molecule has 2 aromatic rings. The second kappa shape index (κ2) is 5.76. The minimum atomic E-state index is -0.122. The molecular weight excluding hydrogens is 302 g/mol. The molecule has 0 amide bonds. The van der Waals surface area contributed by atoms with Crippen LogP contribution in [0.3, 0.4) is 0 Å². The molecule has 0 aliphatic rings. The van der Waals surface area contributed by atoms with Crippen molar-refractivity contribution in [3.05, 3.63) is 63.1 Å². The van der Waals surface area contributed by atoms with E-state index >= 15 is 0 Å². The zero-order valence-corrected chi connectivity index (χ0v) is 13.0. The second-order valence-corrected chi connectivity index (χ2v) is 5.62. The van der Waals surface area contributed by atoms with Crippen LogP contribution in [0, 0.1) is 13.8 Å². The number of rotatable bonds is 3. The van der Waals surface area contributed by atoms with Crippen molar-refractivity contribution in [2.45, 2.75) is 19.9 Å². The molecule has 2 N–H and O–H groups in total. The number of nitrogens with two attached hydrogens (primary N) is 1. The Morgan fingerprint density at radius 2 is 1.74 bits per heavy atom. The van der Waals surface area contributed by atoms with Gasteiger partial charge in [-0.05, 0) is 60.4 Å². The molecule has 100 valence electrons. The van der Waals surface area contributed by atoms with E-state index in [0.29, 0.717) is 0 Å². The van der Waals surface area contributed by atoms with E-state index in [-0.39, 0.29) is 6.04 Å². The van der Waals surface area contributed by atoms with E-state index < -0.39 is 0 Å². The van der Waals surface area contributed by atoms with Gasteiger partial charge in [0, 0.05) is 4.47 Å². The van der Waals surface area contributed by atoms with Gasteiger partial charge in [0.1, 0.15) is 5.75 Å². The molecule has 0 spiro atoms. The molecular formula is C16H18BrNO. The van der Waals surface area contributed by atoms with Gasteiger partial charge in [-0.2, -0.15) is 0 Å². The smallest absolute Gasteiger partial charge is 0.119 e. The first-order chi connectivity index (χ1) is 9.02. The van der Waals surface area contributed by atoms with Crippen molar-refractivity contribution in [3.8, 4) is 5.75 Å². The summed E-state index contributed by atoms with van der Waals surface area (Å²) >= 11 is 3.50. The number of hydrogen-bond donors (Lipinski definition) is 1. The van der Waals surface area contributed by atoms with Gasteiger partial charge in [0.05, 0.1) is 13.2 Å². The van der Waals surface area contributed by atoms with Gasteiger partial charge in [-0.1, -0.05) is 28.1 Å². The summed E-state index contributed by atoms with van der Waals surface area (Å²) in [7, 11) is 1.67. The highest BCUT2D eigenvalue weighted by molar-refractivity contribution is 9.10. The molecule has 0 saturated carbocycles. The summed E-state index contributed by atoms with van der Waals surface area (Å²) in [6.07, 6.45) is 0. The fourth-order valence-corrected chi connectivity index (χ4v) is 2.62. The summed E-state index contributed by atoms with van der Waals surface area (Å²) in [4.78, 5) is 0. The monoisotopic (exact) mass is 319 g/mol. The van der Waals surface area contributed by atoms with Gasteiger partial charge in [-0.15, -0.1) is 0 Å². The Hall–Kier alpha value is -1.32. The van der Waals surface area contributed by atoms with Gasteiger partial charge in [-0.3, -0.25) is 0 Å². The first kappa shape index (κ1) is 14.1. The van der Waals surface area contributed by atoms with Crippen LogP contribution in [0.1, 0.15) is 28.3 Å². The zero-order valence-electron chi connectivity index (χ0n) is 11.4. The number of aryl methyl sites for hydroxylation is 2. The molecule has 1 unspecified atom stereocenters. The lowest BCUT2D eigenvalue weighted by atomic mass is 9.93. The fourth-order valence-electron chi connectivity index (χ4n) is 2.24. The van der Waals surface area contributed by atoms with Crippen LogP contribution in [-0.2, 0) is 0 Å². The first-order valence-electron chi connectivity index (χ1n) is 6.19. The van der Waals surface area contributed by atoms with Crippen LogP contribution in [-0.4, -0.2) is 7.11 Å². The molecule has 0 saturated heterocycles. The van der Waals surface area contributed by atoms with Crippen LogP contribution in [0.25, 0.3) is 0 Å². The van der Waals surface area contributed by atoms with Crippen molar-refractivity contribution in [1.82, 2.24) is 0 Å². The van der Waals surface area contributed by atoms with Crippen molar-refractivity contribution < 1.29 is 4.74 Å². The van der Waals surface area contributed by atoms with Crippen molar-refractivity contribution in [3.63, 3.8) is 0 Å². The third-order valence-corrected chi connectivity index (χ3v) is 3.88. The third kappa shape index (κ3) is 2.99. The SMILES string of the molecule is COc1ccc(C(N)c2cc(Br)ccc2C)c(C)c1. The van der Waals surface area contributed by atoms with Gasteiger partial charge >= 0.3 is 0 Å². The van der Waals surface area contributed by atoms with Gasteiger partial charge in [0.15, 0.2) is 0 Å². The highest BCUT2D eigenvalue weighted by atomic mass is 79.9. The quantitative estimate of drug-likeness (QED) is 0.923. The highest BCUT2D eigenvalue weighted by Gasteiger charge is 2.14. The Morgan fingerprint density at radius 3 is 2.37 bits per heavy atom. The maximum atomic E-state index is 6.42. The van der Waals surface area contributed by atoms with E-state index in [9.17, 15) is 0 Å². The summed E-state index contributed by atoms with van der Waals surface area (Å²) in [6, 6.07) is 12.1. The minimum absolute atomic E-state index is 0.122. The summed E-state index contributed by atoms with van der Waals surface area (Å²) in [5.41, 5.74) is 11.0. The van der Waals surface area contributed by atoms with E-state index in [2.05, 4.69) is 41.9 Å². The highest BCUT2D eigenvalue weighted by Crippen LogP contribution is 2.29. The molecule has 2 aromatic carbocycles. The Labute approximate surface area is 122 Å². The van der Waals surface area contributed by atoms with Crippen LogP contribution in [0.2, 0.25) is 0 Å². The topological polar surface area (TPSA) is 35.2 Å². The van der Waals surface area contributed by atoms with Crippen molar-refractivity contribution in [2.75, 3.05) is 7.11 Å². The molecule has 0 heterocycles. The zero-order chi connectivity index (χ0) is 14.0. The van der Waals surface area contributed by atoms with E-state index in [4.69, 9.17) is 10.5 Å². The largest absolute Gasteiger partial charge is 0.497 e. The molecule has 0 radical (unpaired) electrons. The molecule has 19 heavy (non-hydrogen) atoms. The van der Waals surface area contributed by atoms with E-state index in [1.807, 2.05) is 24.3 Å². The molecule has 3 heteroatoms. The van der Waals surface area contributed by atoms with Crippen LogP contribution >= 0.6 is 15.9 Å². The van der Waals surface area contributed by atoms with Gasteiger partial charge in [-0.25, -0.2) is 0 Å². The molecule has 2 nitrogen and oxygen atoms in total. The summed E-state index contributed by atoms with van der Waals surface area (Å²) in [5, 5.41) is 0. The van der Waals surface area contributed by atoms with Crippen LogP contribution in [0.15, 0.2) is 40.9 Å². The summed E-state index contributed by atoms with van der Waals surface area (Å²) < 4.78 is 6.28. The molecule has 0 aliphatic heterocycles. The molecule has 1 atom stereocenters. The van der Waals surface area contributed by atoms with Gasteiger partial charge in [0.25, 0.3) is 0 Å². The van der Waals surface area contributed by atoms with E-state index in [1.54, 1.807) is 7.11 Å². The number of halogens is 1. The second-order valence-electron chi connectivity index (χ2n) is 4.70. The first-order valence-corrected chi connectivity index (χ1v) is 6.98. The van der Waals surface area contributed by atoms with E-state index in [0.717, 1.165) is 26.9 Å². The Morgan fingerprint density at radius 1 is 1.00 bits per heavy atom. The van der Waals surface area contributed by atoms with E-state index in [1.165, 1.54) is 5.56 Å². The normalized spacial score (nSPS) is 12.3. The average Bonchev–Trinajstić information content (AvgIpc) is 2.40. The standard InChI is InChI=1S/C16H18BrNO/c1-10-4-5-12(17)9-15(10)16(18)14-7-6-13(19-3)8-11(14)2/h4-9,16H,18H2,1-3H3. The molecule has 2 rings (SSSR count). The molecule has 0 aliphatic carbocycles. The van der Waals surface area contributed by atoms with Crippen LogP contribution in [0.4, 0.5) is 0 Å². The number of ether oxygens (including phenoxy) is 1. The van der Waals surface area contributed by atoms with Crippen LogP contribution < -0.4 is 10.5 Å². The van der Waals surface area contributed by atoms with Gasteiger partial charge < -0.3 is 10.5 Å². The lowest BCUT2D eigenvalue weighted by molar-refractivity contribution is 0.414. The Kier molecular flexibility index (Phi) is 4.27. The lowest BCUT2D eigenvalue weighted by Gasteiger charge is -2.18. The average molecular weight is 320 g/mol. The maximum absolute atomic E-state index is 6.42. The fraction of sp³-hybridized carbons (Fsp3) is 0.250. The predicted octanol–water partition coefficient (Wildman–Crippen LogP) is 4.12. The van der Waals surface area contributed by atoms with Gasteiger partial charge in [0.2, 0.25) is 0 Å². The van der Waals surface area contributed by atoms with Crippen molar-refractivity contribution in [1.29, 1.82) is 0 Å². The molecule has 0 aromatic heterocycles. The Bertz CT molecular complexity index is 595.